The Morgan fingerprint density at radius 1 is 1.44 bits per heavy atom. The molecule has 0 aromatic carbocycles. The lowest BCUT2D eigenvalue weighted by Crippen LogP contribution is -2.36. The zero-order valence-electron chi connectivity index (χ0n) is 11.4. The fraction of sp³-hybridized carbons (Fsp3) is 0.643. The molecule has 3 nitrogen and oxygen atoms in total. The Morgan fingerprint density at radius 2 is 2.28 bits per heavy atom. The zero-order chi connectivity index (χ0) is 12.8. The Labute approximate surface area is 114 Å². The Balaban J connectivity index is 1.91. The summed E-state index contributed by atoms with van der Waals surface area (Å²) in [5.74, 6) is 1.25. The lowest BCUT2D eigenvalue weighted by atomic mass is 10.2. The molecule has 100 valence electrons. The highest BCUT2D eigenvalue weighted by atomic mass is 32.2. The number of thioether (sulfide) groups is 1. The van der Waals surface area contributed by atoms with Gasteiger partial charge in [-0.3, -0.25) is 9.88 Å². The SMILES string of the molecule is CCNCc1cccc(CN2CCSC(C)C2)n1. The van der Waals surface area contributed by atoms with E-state index in [1.807, 2.05) is 0 Å². The van der Waals surface area contributed by atoms with Crippen molar-refractivity contribution in [2.75, 3.05) is 25.4 Å². The predicted octanol–water partition coefficient (Wildman–Crippen LogP) is 2.13. The molecule has 2 heterocycles. The van der Waals surface area contributed by atoms with E-state index in [1.165, 1.54) is 24.5 Å². The molecule has 0 amide bonds. The monoisotopic (exact) mass is 265 g/mol. The van der Waals surface area contributed by atoms with Crippen LogP contribution in [-0.4, -0.2) is 40.5 Å². The van der Waals surface area contributed by atoms with Crippen molar-refractivity contribution in [3.8, 4) is 0 Å². The third kappa shape index (κ3) is 4.26. The number of hydrogen-bond donors (Lipinski definition) is 1. The second-order valence-corrected chi connectivity index (χ2v) is 6.36. The summed E-state index contributed by atoms with van der Waals surface area (Å²) >= 11 is 2.07. The summed E-state index contributed by atoms with van der Waals surface area (Å²) in [5, 5.41) is 4.08. The summed E-state index contributed by atoms with van der Waals surface area (Å²) in [7, 11) is 0. The highest BCUT2D eigenvalue weighted by Crippen LogP contribution is 2.19. The second kappa shape index (κ2) is 7.12. The lowest BCUT2D eigenvalue weighted by molar-refractivity contribution is 0.275. The molecule has 0 saturated carbocycles. The Hall–Kier alpha value is -0.580. The van der Waals surface area contributed by atoms with E-state index in [2.05, 4.69) is 54.0 Å². The van der Waals surface area contributed by atoms with Crippen LogP contribution in [-0.2, 0) is 13.1 Å². The fourth-order valence-corrected chi connectivity index (χ4v) is 3.31. The van der Waals surface area contributed by atoms with Crippen molar-refractivity contribution >= 4 is 11.8 Å². The number of nitrogens with one attached hydrogen (secondary N) is 1. The summed E-state index contributed by atoms with van der Waals surface area (Å²) in [6.07, 6.45) is 0. The first-order valence-corrected chi connectivity index (χ1v) is 7.82. The molecule has 1 unspecified atom stereocenters. The maximum atomic E-state index is 4.72. The van der Waals surface area contributed by atoms with Crippen molar-refractivity contribution in [1.82, 2.24) is 15.2 Å². The van der Waals surface area contributed by atoms with Crippen LogP contribution in [0.25, 0.3) is 0 Å². The molecule has 1 saturated heterocycles. The third-order valence-corrected chi connectivity index (χ3v) is 4.27. The van der Waals surface area contributed by atoms with E-state index in [0.29, 0.717) is 0 Å². The molecular formula is C14H23N3S. The average molecular weight is 265 g/mol. The van der Waals surface area contributed by atoms with Gasteiger partial charge < -0.3 is 5.32 Å². The first-order valence-electron chi connectivity index (χ1n) is 6.77. The summed E-state index contributed by atoms with van der Waals surface area (Å²) < 4.78 is 0. The van der Waals surface area contributed by atoms with Crippen LogP contribution in [0.4, 0.5) is 0 Å². The van der Waals surface area contributed by atoms with Crippen LogP contribution < -0.4 is 5.32 Å². The molecule has 0 spiro atoms. The van der Waals surface area contributed by atoms with Gasteiger partial charge in [-0.1, -0.05) is 19.9 Å². The maximum absolute atomic E-state index is 4.72. The number of aromatic nitrogens is 1. The van der Waals surface area contributed by atoms with E-state index in [4.69, 9.17) is 4.98 Å². The second-order valence-electron chi connectivity index (χ2n) is 4.82. The Bertz CT molecular complexity index is 370. The largest absolute Gasteiger partial charge is 0.311 e. The van der Waals surface area contributed by atoms with Crippen molar-refractivity contribution in [3.63, 3.8) is 0 Å². The normalized spacial score (nSPS) is 21.1. The van der Waals surface area contributed by atoms with Gasteiger partial charge in [-0.2, -0.15) is 11.8 Å². The van der Waals surface area contributed by atoms with Crippen LogP contribution in [0.1, 0.15) is 25.2 Å². The van der Waals surface area contributed by atoms with Crippen LogP contribution in [0.3, 0.4) is 0 Å². The molecule has 1 N–H and O–H groups in total. The molecular weight excluding hydrogens is 242 g/mol. The van der Waals surface area contributed by atoms with Gasteiger partial charge in [-0.25, -0.2) is 0 Å². The molecule has 2 rings (SSSR count). The first-order chi connectivity index (χ1) is 8.78. The zero-order valence-corrected chi connectivity index (χ0v) is 12.2. The topological polar surface area (TPSA) is 28.2 Å². The summed E-state index contributed by atoms with van der Waals surface area (Å²) in [6, 6.07) is 6.36. The van der Waals surface area contributed by atoms with E-state index < -0.39 is 0 Å². The van der Waals surface area contributed by atoms with Gasteiger partial charge in [0.25, 0.3) is 0 Å². The lowest BCUT2D eigenvalue weighted by Gasteiger charge is -2.30. The van der Waals surface area contributed by atoms with Gasteiger partial charge in [-0.15, -0.1) is 0 Å². The molecule has 1 aromatic heterocycles. The van der Waals surface area contributed by atoms with E-state index in [-0.39, 0.29) is 0 Å². The highest BCUT2D eigenvalue weighted by molar-refractivity contribution is 7.99. The molecule has 0 radical (unpaired) electrons. The van der Waals surface area contributed by atoms with Crippen molar-refractivity contribution in [1.29, 1.82) is 0 Å². The van der Waals surface area contributed by atoms with Crippen molar-refractivity contribution in [2.45, 2.75) is 32.2 Å². The highest BCUT2D eigenvalue weighted by Gasteiger charge is 2.16. The van der Waals surface area contributed by atoms with Crippen LogP contribution in [0, 0.1) is 0 Å². The van der Waals surface area contributed by atoms with Gasteiger partial charge in [0, 0.05) is 37.2 Å². The molecule has 0 aliphatic carbocycles. The van der Waals surface area contributed by atoms with E-state index in [1.54, 1.807) is 0 Å². The van der Waals surface area contributed by atoms with Crippen LogP contribution >= 0.6 is 11.8 Å². The van der Waals surface area contributed by atoms with Crippen molar-refractivity contribution in [3.05, 3.63) is 29.6 Å². The van der Waals surface area contributed by atoms with Crippen LogP contribution in [0.2, 0.25) is 0 Å². The van der Waals surface area contributed by atoms with Gasteiger partial charge in [0.05, 0.1) is 11.4 Å². The average Bonchev–Trinajstić information content (AvgIpc) is 2.37. The van der Waals surface area contributed by atoms with Gasteiger partial charge in [0.15, 0.2) is 0 Å². The standard InChI is InChI=1S/C14H23N3S/c1-3-15-9-13-5-4-6-14(16-13)11-17-7-8-18-12(2)10-17/h4-6,12,15H,3,7-11H2,1-2H3. The van der Waals surface area contributed by atoms with Crippen LogP contribution in [0.15, 0.2) is 18.2 Å². The Kier molecular flexibility index (Phi) is 5.47. The molecule has 4 heteroatoms. The van der Waals surface area contributed by atoms with E-state index in [9.17, 15) is 0 Å². The van der Waals surface area contributed by atoms with Crippen molar-refractivity contribution < 1.29 is 0 Å². The third-order valence-electron chi connectivity index (χ3n) is 3.13. The first kappa shape index (κ1) is 13.8. The molecule has 1 atom stereocenters. The molecule has 1 aliphatic heterocycles. The maximum Gasteiger partial charge on any atom is 0.0547 e. The number of hydrogen-bond acceptors (Lipinski definition) is 4. The smallest absolute Gasteiger partial charge is 0.0547 e. The number of rotatable bonds is 5. The summed E-state index contributed by atoms with van der Waals surface area (Å²) in [4.78, 5) is 7.23. The van der Waals surface area contributed by atoms with E-state index >= 15 is 0 Å². The van der Waals surface area contributed by atoms with E-state index in [0.717, 1.165) is 30.6 Å². The molecule has 18 heavy (non-hydrogen) atoms. The minimum Gasteiger partial charge on any atom is -0.311 e. The minimum absolute atomic E-state index is 0.753. The summed E-state index contributed by atoms with van der Waals surface area (Å²) in [5.41, 5.74) is 2.35. The van der Waals surface area contributed by atoms with Gasteiger partial charge in [-0.05, 0) is 18.7 Å². The molecule has 0 bridgehead atoms. The quantitative estimate of drug-likeness (QED) is 0.883. The molecule has 1 fully saturated rings. The molecule has 1 aliphatic rings. The van der Waals surface area contributed by atoms with Crippen LogP contribution in [0.5, 0.6) is 0 Å². The predicted molar refractivity (Wildman–Crippen MR) is 78.8 cm³/mol. The Morgan fingerprint density at radius 3 is 3.06 bits per heavy atom. The van der Waals surface area contributed by atoms with Crippen molar-refractivity contribution in [2.24, 2.45) is 0 Å². The number of pyridine rings is 1. The minimum atomic E-state index is 0.753. The summed E-state index contributed by atoms with van der Waals surface area (Å²) in [6.45, 7) is 9.66. The molecule has 1 aromatic rings. The van der Waals surface area contributed by atoms with Gasteiger partial charge in [0.2, 0.25) is 0 Å². The fourth-order valence-electron chi connectivity index (χ4n) is 2.23. The van der Waals surface area contributed by atoms with Gasteiger partial charge >= 0.3 is 0 Å². The van der Waals surface area contributed by atoms with Gasteiger partial charge in [0.1, 0.15) is 0 Å². The number of nitrogens with zero attached hydrogens (tertiary/aromatic N) is 2.